The summed E-state index contributed by atoms with van der Waals surface area (Å²) in [5.41, 5.74) is 0.541. The molecule has 18 heavy (non-hydrogen) atoms. The van der Waals surface area contributed by atoms with Crippen LogP contribution in [-0.2, 0) is 9.53 Å². The predicted molar refractivity (Wildman–Crippen MR) is 70.8 cm³/mol. The van der Waals surface area contributed by atoms with Gasteiger partial charge in [0.15, 0.2) is 0 Å². The summed E-state index contributed by atoms with van der Waals surface area (Å²) >= 11 is 1.26. The van der Waals surface area contributed by atoms with Crippen LogP contribution < -0.4 is 5.32 Å². The molecule has 0 bridgehead atoms. The number of anilines is 1. The molecule has 1 heterocycles. The Kier molecular flexibility index (Phi) is 4.15. The highest BCUT2D eigenvalue weighted by molar-refractivity contribution is 7.12. The zero-order valence-corrected chi connectivity index (χ0v) is 11.0. The van der Waals surface area contributed by atoms with E-state index in [1.807, 2.05) is 0 Å². The second kappa shape index (κ2) is 5.82. The van der Waals surface area contributed by atoms with Crippen LogP contribution in [-0.4, -0.2) is 19.0 Å². The number of amides is 1. The number of carbonyl (C=O) groups excluding carboxylic acids is 2. The molecule has 1 atom stereocenters. The van der Waals surface area contributed by atoms with Crippen LogP contribution in [0.3, 0.4) is 0 Å². The lowest BCUT2D eigenvalue weighted by atomic mass is 10.1. The van der Waals surface area contributed by atoms with E-state index in [0.29, 0.717) is 22.9 Å². The minimum atomic E-state index is -0.416. The van der Waals surface area contributed by atoms with Crippen molar-refractivity contribution >= 4 is 28.9 Å². The number of carbonyl (C=O) groups is 2. The van der Waals surface area contributed by atoms with E-state index in [9.17, 15) is 9.59 Å². The van der Waals surface area contributed by atoms with Crippen LogP contribution in [0.15, 0.2) is 23.6 Å². The molecular formula is C13H15NO3S. The number of nitrogens with one attached hydrogen (secondary N) is 1. The SMILES string of the molecule is COC(=O)c1sccc1NC(=O)CC1C=CCC1. The number of allylic oxidation sites excluding steroid dienone is 2. The zero-order chi connectivity index (χ0) is 13.0. The summed E-state index contributed by atoms with van der Waals surface area (Å²) in [4.78, 5) is 23.7. The smallest absolute Gasteiger partial charge is 0.350 e. The number of methoxy groups -OCH3 is 1. The first-order valence-corrected chi connectivity index (χ1v) is 6.71. The maximum absolute atomic E-state index is 11.8. The quantitative estimate of drug-likeness (QED) is 0.672. The Bertz CT molecular complexity index is 478. The first-order valence-electron chi connectivity index (χ1n) is 5.83. The molecule has 5 heteroatoms. The molecule has 2 rings (SSSR count). The van der Waals surface area contributed by atoms with Gasteiger partial charge in [-0.25, -0.2) is 4.79 Å². The van der Waals surface area contributed by atoms with Gasteiger partial charge in [-0.15, -0.1) is 11.3 Å². The van der Waals surface area contributed by atoms with Gasteiger partial charge in [-0.2, -0.15) is 0 Å². The molecule has 0 saturated carbocycles. The highest BCUT2D eigenvalue weighted by Crippen LogP contribution is 2.25. The van der Waals surface area contributed by atoms with E-state index in [0.717, 1.165) is 12.8 Å². The number of ether oxygens (including phenoxy) is 1. The number of thiophene rings is 1. The second-order valence-electron chi connectivity index (χ2n) is 4.17. The van der Waals surface area contributed by atoms with Crippen molar-refractivity contribution in [1.82, 2.24) is 0 Å². The van der Waals surface area contributed by atoms with E-state index < -0.39 is 5.97 Å². The predicted octanol–water partition coefficient (Wildman–Crippen LogP) is 2.83. The highest BCUT2D eigenvalue weighted by atomic mass is 32.1. The van der Waals surface area contributed by atoms with Crippen molar-refractivity contribution in [2.45, 2.75) is 19.3 Å². The van der Waals surface area contributed by atoms with Crippen LogP contribution in [0.2, 0.25) is 0 Å². The van der Waals surface area contributed by atoms with Gasteiger partial charge in [-0.1, -0.05) is 12.2 Å². The van der Waals surface area contributed by atoms with E-state index in [1.165, 1.54) is 18.4 Å². The molecule has 1 amide bonds. The van der Waals surface area contributed by atoms with Gasteiger partial charge in [-0.3, -0.25) is 4.79 Å². The fourth-order valence-corrected chi connectivity index (χ4v) is 2.73. The van der Waals surface area contributed by atoms with Crippen molar-refractivity contribution in [2.75, 3.05) is 12.4 Å². The molecule has 0 aromatic carbocycles. The van der Waals surface area contributed by atoms with Crippen LogP contribution in [0.5, 0.6) is 0 Å². The third-order valence-electron chi connectivity index (χ3n) is 2.87. The summed E-state index contributed by atoms with van der Waals surface area (Å²) < 4.78 is 4.66. The molecule has 0 saturated heterocycles. The van der Waals surface area contributed by atoms with Gasteiger partial charge >= 0.3 is 5.97 Å². The second-order valence-corrected chi connectivity index (χ2v) is 5.09. The Hall–Kier alpha value is -1.62. The molecule has 0 fully saturated rings. The van der Waals surface area contributed by atoms with Gasteiger partial charge in [0.05, 0.1) is 12.8 Å². The standard InChI is InChI=1S/C13H15NO3S/c1-17-13(16)12-10(6-7-18-12)14-11(15)8-9-4-2-3-5-9/h2,4,6-7,9H,3,5,8H2,1H3,(H,14,15). The number of esters is 1. The highest BCUT2D eigenvalue weighted by Gasteiger charge is 2.18. The molecular weight excluding hydrogens is 250 g/mol. The third-order valence-corrected chi connectivity index (χ3v) is 3.76. The van der Waals surface area contributed by atoms with Crippen molar-refractivity contribution in [1.29, 1.82) is 0 Å². The van der Waals surface area contributed by atoms with E-state index in [2.05, 4.69) is 22.2 Å². The summed E-state index contributed by atoms with van der Waals surface area (Å²) in [6, 6.07) is 1.72. The zero-order valence-electron chi connectivity index (χ0n) is 10.1. The van der Waals surface area contributed by atoms with Crippen LogP contribution in [0.25, 0.3) is 0 Å². The van der Waals surface area contributed by atoms with Crippen molar-refractivity contribution in [2.24, 2.45) is 5.92 Å². The lowest BCUT2D eigenvalue weighted by molar-refractivity contribution is -0.116. The normalized spacial score (nSPS) is 17.7. The van der Waals surface area contributed by atoms with Gasteiger partial charge in [0.1, 0.15) is 4.88 Å². The van der Waals surface area contributed by atoms with Crippen LogP contribution in [0, 0.1) is 5.92 Å². The summed E-state index contributed by atoms with van der Waals surface area (Å²) in [6.45, 7) is 0. The molecule has 96 valence electrons. The van der Waals surface area contributed by atoms with Crippen LogP contribution in [0.4, 0.5) is 5.69 Å². The molecule has 4 nitrogen and oxygen atoms in total. The number of hydrogen-bond acceptors (Lipinski definition) is 4. The summed E-state index contributed by atoms with van der Waals surface area (Å²) in [7, 11) is 1.33. The summed E-state index contributed by atoms with van der Waals surface area (Å²) in [5.74, 6) is -0.152. The Labute approximate surface area is 110 Å². The van der Waals surface area contributed by atoms with E-state index in [1.54, 1.807) is 11.4 Å². The molecule has 0 radical (unpaired) electrons. The van der Waals surface area contributed by atoms with Gasteiger partial charge in [0.25, 0.3) is 0 Å². The molecule has 0 spiro atoms. The minimum absolute atomic E-state index is 0.0601. The lowest BCUT2D eigenvalue weighted by Crippen LogP contribution is -2.16. The Morgan fingerprint density at radius 3 is 3.06 bits per heavy atom. The van der Waals surface area contributed by atoms with Crippen molar-refractivity contribution in [3.05, 3.63) is 28.5 Å². The summed E-state index contributed by atoms with van der Waals surface area (Å²) in [5, 5.41) is 4.53. The first-order chi connectivity index (χ1) is 8.70. The van der Waals surface area contributed by atoms with Gasteiger partial charge in [0.2, 0.25) is 5.91 Å². The first kappa shape index (κ1) is 12.8. The largest absolute Gasteiger partial charge is 0.465 e. The number of hydrogen-bond donors (Lipinski definition) is 1. The van der Waals surface area contributed by atoms with E-state index in [4.69, 9.17) is 0 Å². The van der Waals surface area contributed by atoms with Gasteiger partial charge < -0.3 is 10.1 Å². The van der Waals surface area contributed by atoms with Crippen LogP contribution in [0.1, 0.15) is 28.9 Å². The lowest BCUT2D eigenvalue weighted by Gasteiger charge is -2.08. The molecule has 1 aromatic heterocycles. The summed E-state index contributed by atoms with van der Waals surface area (Å²) in [6.07, 6.45) is 6.72. The van der Waals surface area contributed by atoms with Crippen LogP contribution >= 0.6 is 11.3 Å². The average molecular weight is 265 g/mol. The fraction of sp³-hybridized carbons (Fsp3) is 0.385. The van der Waals surface area contributed by atoms with Crippen molar-refractivity contribution < 1.29 is 14.3 Å². The van der Waals surface area contributed by atoms with Gasteiger partial charge in [-0.05, 0) is 30.2 Å². The Balaban J connectivity index is 1.96. The molecule has 1 N–H and O–H groups in total. The van der Waals surface area contributed by atoms with Crippen molar-refractivity contribution in [3.8, 4) is 0 Å². The number of rotatable bonds is 4. The molecule has 1 unspecified atom stereocenters. The Morgan fingerprint density at radius 2 is 2.39 bits per heavy atom. The monoisotopic (exact) mass is 265 g/mol. The third kappa shape index (κ3) is 2.98. The maximum atomic E-state index is 11.8. The molecule has 1 aromatic rings. The van der Waals surface area contributed by atoms with Crippen molar-refractivity contribution in [3.63, 3.8) is 0 Å². The van der Waals surface area contributed by atoms with E-state index >= 15 is 0 Å². The average Bonchev–Trinajstić information content (AvgIpc) is 2.99. The topological polar surface area (TPSA) is 55.4 Å². The minimum Gasteiger partial charge on any atom is -0.465 e. The molecule has 1 aliphatic carbocycles. The molecule has 1 aliphatic rings. The fourth-order valence-electron chi connectivity index (χ4n) is 1.96. The molecule has 0 aliphatic heterocycles. The van der Waals surface area contributed by atoms with Gasteiger partial charge in [0, 0.05) is 6.42 Å². The van der Waals surface area contributed by atoms with E-state index in [-0.39, 0.29) is 5.91 Å². The maximum Gasteiger partial charge on any atom is 0.350 e. The Morgan fingerprint density at radius 1 is 1.56 bits per heavy atom.